The number of rotatable bonds is 5. The summed E-state index contributed by atoms with van der Waals surface area (Å²) in [5, 5.41) is 7.10. The van der Waals surface area contributed by atoms with Crippen LogP contribution < -0.4 is 9.62 Å². The van der Waals surface area contributed by atoms with E-state index in [0.29, 0.717) is 40.6 Å². The molecule has 0 radical (unpaired) electrons. The SMILES string of the molecule is O=C(NCc1nc(-c2ccccc2Cl)no1)c1cccc(N2CCCCS2(=O)=O)c1. The third kappa shape index (κ3) is 4.31. The van der Waals surface area contributed by atoms with Gasteiger partial charge in [0.2, 0.25) is 21.7 Å². The highest BCUT2D eigenvalue weighted by molar-refractivity contribution is 7.92. The molecule has 0 spiro atoms. The molecule has 4 rings (SSSR count). The highest BCUT2D eigenvalue weighted by atomic mass is 35.5. The second kappa shape index (κ2) is 8.45. The Labute approximate surface area is 178 Å². The predicted octanol–water partition coefficient (Wildman–Crippen LogP) is 3.25. The van der Waals surface area contributed by atoms with Gasteiger partial charge in [0.15, 0.2) is 0 Å². The van der Waals surface area contributed by atoms with Crippen LogP contribution in [0.4, 0.5) is 5.69 Å². The highest BCUT2D eigenvalue weighted by Crippen LogP contribution is 2.26. The maximum atomic E-state index is 12.6. The van der Waals surface area contributed by atoms with Crippen molar-refractivity contribution in [2.75, 3.05) is 16.6 Å². The van der Waals surface area contributed by atoms with E-state index in [1.54, 1.807) is 42.5 Å². The van der Waals surface area contributed by atoms with Gasteiger partial charge in [-0.05, 0) is 43.2 Å². The normalized spacial score (nSPS) is 15.7. The van der Waals surface area contributed by atoms with Gasteiger partial charge < -0.3 is 9.84 Å². The molecule has 1 aliphatic heterocycles. The summed E-state index contributed by atoms with van der Waals surface area (Å²) in [6.07, 6.45) is 1.44. The number of sulfonamides is 1. The molecule has 10 heteroatoms. The summed E-state index contributed by atoms with van der Waals surface area (Å²) in [5.74, 6) is 0.313. The number of carbonyl (C=O) groups excluding carboxylic acids is 1. The number of hydrogen-bond acceptors (Lipinski definition) is 6. The molecule has 0 unspecified atom stereocenters. The smallest absolute Gasteiger partial charge is 0.251 e. The fourth-order valence-corrected chi connectivity index (χ4v) is 5.07. The van der Waals surface area contributed by atoms with E-state index in [-0.39, 0.29) is 24.1 Å². The summed E-state index contributed by atoms with van der Waals surface area (Å²) >= 11 is 6.14. The van der Waals surface area contributed by atoms with Crippen molar-refractivity contribution in [2.45, 2.75) is 19.4 Å². The Morgan fingerprint density at radius 2 is 2.00 bits per heavy atom. The van der Waals surface area contributed by atoms with Crippen LogP contribution in [0.15, 0.2) is 53.1 Å². The van der Waals surface area contributed by atoms with Crippen LogP contribution in [-0.4, -0.2) is 36.8 Å². The molecule has 1 fully saturated rings. The quantitative estimate of drug-likeness (QED) is 0.644. The second-order valence-corrected chi connectivity index (χ2v) is 9.24. The molecule has 30 heavy (non-hydrogen) atoms. The van der Waals surface area contributed by atoms with Crippen molar-refractivity contribution in [3.05, 3.63) is 65.0 Å². The number of nitrogens with zero attached hydrogens (tertiary/aromatic N) is 3. The van der Waals surface area contributed by atoms with Crippen molar-refractivity contribution < 1.29 is 17.7 Å². The lowest BCUT2D eigenvalue weighted by Crippen LogP contribution is -2.38. The van der Waals surface area contributed by atoms with Crippen molar-refractivity contribution in [2.24, 2.45) is 0 Å². The monoisotopic (exact) mass is 446 g/mol. The molecule has 0 bridgehead atoms. The van der Waals surface area contributed by atoms with Gasteiger partial charge in [0.05, 0.1) is 23.0 Å². The van der Waals surface area contributed by atoms with Crippen LogP contribution in [0.3, 0.4) is 0 Å². The summed E-state index contributed by atoms with van der Waals surface area (Å²) in [6.45, 7) is 0.447. The largest absolute Gasteiger partial charge is 0.343 e. The van der Waals surface area contributed by atoms with Gasteiger partial charge in [0, 0.05) is 17.7 Å². The Kier molecular flexibility index (Phi) is 5.74. The first kappa shape index (κ1) is 20.4. The predicted molar refractivity (Wildman–Crippen MR) is 113 cm³/mol. The van der Waals surface area contributed by atoms with Crippen molar-refractivity contribution in [1.29, 1.82) is 0 Å². The Morgan fingerprint density at radius 1 is 1.17 bits per heavy atom. The molecule has 0 saturated carbocycles. The van der Waals surface area contributed by atoms with Crippen molar-refractivity contribution >= 4 is 33.2 Å². The Hall–Kier alpha value is -2.91. The molecule has 1 aliphatic rings. The topological polar surface area (TPSA) is 105 Å². The summed E-state index contributed by atoms with van der Waals surface area (Å²) in [4.78, 5) is 16.8. The molecule has 1 saturated heterocycles. The van der Waals surface area contributed by atoms with Crippen molar-refractivity contribution in [3.8, 4) is 11.4 Å². The van der Waals surface area contributed by atoms with E-state index < -0.39 is 10.0 Å². The number of halogens is 1. The molecule has 1 aromatic heterocycles. The average molecular weight is 447 g/mol. The van der Waals surface area contributed by atoms with Gasteiger partial charge in [0.25, 0.3) is 5.91 Å². The molecule has 8 nitrogen and oxygen atoms in total. The van der Waals surface area contributed by atoms with Crippen molar-refractivity contribution in [1.82, 2.24) is 15.5 Å². The molecule has 0 atom stereocenters. The first-order valence-electron chi connectivity index (χ1n) is 9.40. The lowest BCUT2D eigenvalue weighted by molar-refractivity contribution is 0.0946. The van der Waals surface area contributed by atoms with Crippen LogP contribution in [-0.2, 0) is 16.6 Å². The van der Waals surface area contributed by atoms with Crippen molar-refractivity contribution in [3.63, 3.8) is 0 Å². The number of nitrogens with one attached hydrogen (secondary N) is 1. The highest BCUT2D eigenvalue weighted by Gasteiger charge is 2.26. The van der Waals surface area contributed by atoms with Gasteiger partial charge in [-0.1, -0.05) is 35.0 Å². The van der Waals surface area contributed by atoms with Gasteiger partial charge in [-0.3, -0.25) is 9.10 Å². The Balaban J connectivity index is 1.45. The summed E-state index contributed by atoms with van der Waals surface area (Å²) in [5.41, 5.74) is 1.47. The molecular formula is C20H19ClN4O4S. The number of hydrogen-bond donors (Lipinski definition) is 1. The fraction of sp³-hybridized carbons (Fsp3) is 0.250. The third-order valence-electron chi connectivity index (χ3n) is 4.73. The van der Waals surface area contributed by atoms with E-state index in [9.17, 15) is 13.2 Å². The zero-order chi connectivity index (χ0) is 21.1. The van der Waals surface area contributed by atoms with Gasteiger partial charge in [-0.2, -0.15) is 4.98 Å². The van der Waals surface area contributed by atoms with E-state index in [0.717, 1.165) is 6.42 Å². The number of aromatic nitrogens is 2. The first-order chi connectivity index (χ1) is 14.4. The standard InChI is InChI=1S/C20H19ClN4O4S/c21-17-9-2-1-8-16(17)19-23-18(29-24-19)13-22-20(26)14-6-5-7-15(12-14)25-10-3-4-11-30(25,27)28/h1-2,5-9,12H,3-4,10-11,13H2,(H,22,26). The molecule has 1 N–H and O–H groups in total. The molecule has 0 aliphatic carbocycles. The molecule has 156 valence electrons. The third-order valence-corrected chi connectivity index (χ3v) is 6.93. The lowest BCUT2D eigenvalue weighted by atomic mass is 10.2. The van der Waals surface area contributed by atoms with Crippen LogP contribution >= 0.6 is 11.6 Å². The Bertz CT molecular complexity index is 1180. The maximum Gasteiger partial charge on any atom is 0.251 e. The summed E-state index contributed by atoms with van der Waals surface area (Å²) in [6, 6.07) is 13.7. The average Bonchev–Trinajstić information content (AvgIpc) is 3.21. The molecule has 3 aromatic rings. The molecule has 1 amide bonds. The van der Waals surface area contributed by atoms with Gasteiger partial charge >= 0.3 is 0 Å². The van der Waals surface area contributed by atoms with Crippen LogP contribution in [0.25, 0.3) is 11.4 Å². The molecular weight excluding hydrogens is 428 g/mol. The van der Waals surface area contributed by atoms with Crippen LogP contribution in [0.5, 0.6) is 0 Å². The minimum absolute atomic E-state index is 0.0303. The van der Waals surface area contributed by atoms with Crippen LogP contribution in [0.2, 0.25) is 5.02 Å². The van der Waals surface area contributed by atoms with E-state index in [2.05, 4.69) is 15.5 Å². The lowest BCUT2D eigenvalue weighted by Gasteiger charge is -2.28. The minimum atomic E-state index is -3.34. The van der Waals surface area contributed by atoms with E-state index in [1.807, 2.05) is 6.07 Å². The van der Waals surface area contributed by atoms with E-state index in [4.69, 9.17) is 16.1 Å². The summed E-state index contributed by atoms with van der Waals surface area (Å²) in [7, 11) is -3.34. The second-order valence-electron chi connectivity index (χ2n) is 6.82. The molecule has 2 aromatic carbocycles. The van der Waals surface area contributed by atoms with Crippen LogP contribution in [0.1, 0.15) is 29.1 Å². The van der Waals surface area contributed by atoms with Gasteiger partial charge in [-0.25, -0.2) is 8.42 Å². The number of carbonyl (C=O) groups is 1. The number of anilines is 1. The van der Waals surface area contributed by atoms with E-state index >= 15 is 0 Å². The minimum Gasteiger partial charge on any atom is -0.343 e. The zero-order valence-electron chi connectivity index (χ0n) is 15.9. The van der Waals surface area contributed by atoms with Gasteiger partial charge in [0.1, 0.15) is 0 Å². The van der Waals surface area contributed by atoms with Gasteiger partial charge in [-0.15, -0.1) is 0 Å². The first-order valence-corrected chi connectivity index (χ1v) is 11.4. The number of benzene rings is 2. The van der Waals surface area contributed by atoms with E-state index in [1.165, 1.54) is 4.31 Å². The van der Waals surface area contributed by atoms with Crippen LogP contribution in [0, 0.1) is 0 Å². The molecule has 2 heterocycles. The summed E-state index contributed by atoms with van der Waals surface area (Å²) < 4.78 is 31.2. The zero-order valence-corrected chi connectivity index (χ0v) is 17.5. The fourth-order valence-electron chi connectivity index (χ4n) is 3.22. The number of amides is 1. The Morgan fingerprint density at radius 3 is 2.80 bits per heavy atom. The maximum absolute atomic E-state index is 12.6.